The Bertz CT molecular complexity index is 566. The summed E-state index contributed by atoms with van der Waals surface area (Å²) in [6, 6.07) is 6.57. The number of primary amides is 1. The second-order valence-corrected chi connectivity index (χ2v) is 3.63. The van der Waals surface area contributed by atoms with Crippen molar-refractivity contribution in [3.63, 3.8) is 0 Å². The Labute approximate surface area is 103 Å². The molecular weight excluding hydrogens is 234 g/mol. The van der Waals surface area contributed by atoms with Gasteiger partial charge in [0.15, 0.2) is 0 Å². The van der Waals surface area contributed by atoms with Gasteiger partial charge in [-0.05, 0) is 12.1 Å². The van der Waals surface area contributed by atoms with Crippen molar-refractivity contribution in [2.45, 2.75) is 6.54 Å². The Kier molecular flexibility index (Phi) is 3.24. The van der Waals surface area contributed by atoms with Crippen molar-refractivity contribution in [2.24, 2.45) is 11.5 Å². The molecule has 7 nitrogen and oxygen atoms in total. The average molecular weight is 247 g/mol. The van der Waals surface area contributed by atoms with Crippen LogP contribution in [0.5, 0.6) is 0 Å². The number of aromatic nitrogens is 2. The Morgan fingerprint density at radius 2 is 2.17 bits per heavy atom. The molecule has 18 heavy (non-hydrogen) atoms. The van der Waals surface area contributed by atoms with Crippen LogP contribution in [0.2, 0.25) is 0 Å². The standard InChI is InChI=1S/C11H13N5O2/c1-16(11(13)17)8-5-3-2-4-7(8)10-14-9(6-12)18-15-10/h2-5H,6,12H2,1H3,(H2,13,17). The summed E-state index contributed by atoms with van der Waals surface area (Å²) >= 11 is 0. The fourth-order valence-corrected chi connectivity index (χ4v) is 1.52. The number of hydrogen-bond donors (Lipinski definition) is 2. The van der Waals surface area contributed by atoms with E-state index in [0.29, 0.717) is 23.0 Å². The molecule has 1 aromatic heterocycles. The third-order valence-corrected chi connectivity index (χ3v) is 2.48. The van der Waals surface area contributed by atoms with Crippen LogP contribution in [-0.4, -0.2) is 23.2 Å². The summed E-state index contributed by atoms with van der Waals surface area (Å²) in [6.45, 7) is 0.167. The van der Waals surface area contributed by atoms with Crippen LogP contribution < -0.4 is 16.4 Å². The highest BCUT2D eigenvalue weighted by Crippen LogP contribution is 2.27. The van der Waals surface area contributed by atoms with E-state index in [-0.39, 0.29) is 6.54 Å². The van der Waals surface area contributed by atoms with E-state index in [9.17, 15) is 4.79 Å². The summed E-state index contributed by atoms with van der Waals surface area (Å²) in [5, 5.41) is 3.81. The lowest BCUT2D eigenvalue weighted by molar-refractivity contribution is 0.255. The van der Waals surface area contributed by atoms with Crippen molar-refractivity contribution in [3.8, 4) is 11.4 Å². The zero-order valence-electron chi connectivity index (χ0n) is 9.83. The Morgan fingerprint density at radius 3 is 2.78 bits per heavy atom. The van der Waals surface area contributed by atoms with E-state index in [1.165, 1.54) is 4.90 Å². The summed E-state index contributed by atoms with van der Waals surface area (Å²) in [6.07, 6.45) is 0. The van der Waals surface area contributed by atoms with Gasteiger partial charge in [-0.1, -0.05) is 17.3 Å². The SMILES string of the molecule is CN(C(N)=O)c1ccccc1-c1noc(CN)n1. The largest absolute Gasteiger partial charge is 0.351 e. The molecule has 1 heterocycles. The maximum absolute atomic E-state index is 11.2. The van der Waals surface area contributed by atoms with E-state index in [0.717, 1.165) is 0 Å². The zero-order chi connectivity index (χ0) is 13.1. The van der Waals surface area contributed by atoms with Gasteiger partial charge in [0, 0.05) is 12.6 Å². The topological polar surface area (TPSA) is 111 Å². The maximum atomic E-state index is 11.2. The molecule has 2 aromatic rings. The maximum Gasteiger partial charge on any atom is 0.319 e. The summed E-state index contributed by atoms with van der Waals surface area (Å²) in [5.74, 6) is 0.709. The molecule has 0 unspecified atom stereocenters. The van der Waals surface area contributed by atoms with Gasteiger partial charge in [-0.3, -0.25) is 4.90 Å². The number of benzene rings is 1. The number of urea groups is 1. The van der Waals surface area contributed by atoms with Crippen LogP contribution in [0.15, 0.2) is 28.8 Å². The minimum absolute atomic E-state index is 0.167. The number of anilines is 1. The molecular formula is C11H13N5O2. The number of hydrogen-bond acceptors (Lipinski definition) is 5. The van der Waals surface area contributed by atoms with Gasteiger partial charge in [-0.2, -0.15) is 4.98 Å². The molecule has 0 bridgehead atoms. The Morgan fingerprint density at radius 1 is 1.44 bits per heavy atom. The van der Waals surface area contributed by atoms with Gasteiger partial charge < -0.3 is 16.0 Å². The van der Waals surface area contributed by atoms with Gasteiger partial charge >= 0.3 is 6.03 Å². The molecule has 0 aliphatic rings. The summed E-state index contributed by atoms with van der Waals surface area (Å²) < 4.78 is 4.94. The first-order chi connectivity index (χ1) is 8.63. The number of carbonyl (C=O) groups is 1. The van der Waals surface area contributed by atoms with Gasteiger partial charge in [-0.25, -0.2) is 4.79 Å². The molecule has 0 aliphatic carbocycles. The molecule has 2 rings (SSSR count). The van der Waals surface area contributed by atoms with Crippen LogP contribution in [0.3, 0.4) is 0 Å². The van der Waals surface area contributed by atoms with Crippen LogP contribution >= 0.6 is 0 Å². The summed E-state index contributed by atoms with van der Waals surface area (Å²) in [7, 11) is 1.57. The number of rotatable bonds is 3. The van der Waals surface area contributed by atoms with Crippen molar-refractivity contribution in [1.29, 1.82) is 0 Å². The van der Waals surface area contributed by atoms with E-state index in [1.807, 2.05) is 6.07 Å². The highest BCUT2D eigenvalue weighted by molar-refractivity contribution is 5.94. The van der Waals surface area contributed by atoms with Gasteiger partial charge in [0.05, 0.1) is 12.2 Å². The van der Waals surface area contributed by atoms with Crippen molar-refractivity contribution in [1.82, 2.24) is 10.1 Å². The van der Waals surface area contributed by atoms with Crippen molar-refractivity contribution >= 4 is 11.7 Å². The molecule has 0 atom stereocenters. The molecule has 0 fully saturated rings. The van der Waals surface area contributed by atoms with Crippen LogP contribution in [0.25, 0.3) is 11.4 Å². The highest BCUT2D eigenvalue weighted by Gasteiger charge is 2.16. The third-order valence-electron chi connectivity index (χ3n) is 2.48. The number of nitrogens with two attached hydrogens (primary N) is 2. The molecule has 1 aromatic carbocycles. The Hall–Kier alpha value is -2.41. The van der Waals surface area contributed by atoms with Crippen molar-refractivity contribution in [3.05, 3.63) is 30.2 Å². The fraction of sp³-hybridized carbons (Fsp3) is 0.182. The van der Waals surface area contributed by atoms with E-state index in [2.05, 4.69) is 10.1 Å². The first-order valence-electron chi connectivity index (χ1n) is 5.28. The van der Waals surface area contributed by atoms with E-state index in [1.54, 1.807) is 25.2 Å². The molecule has 0 spiro atoms. The lowest BCUT2D eigenvalue weighted by Gasteiger charge is -2.16. The molecule has 0 radical (unpaired) electrons. The smallest absolute Gasteiger partial charge is 0.319 e. The molecule has 2 amide bonds. The number of carbonyl (C=O) groups excluding carboxylic acids is 1. The minimum atomic E-state index is -0.565. The molecule has 7 heteroatoms. The number of para-hydroxylation sites is 1. The lowest BCUT2D eigenvalue weighted by Crippen LogP contribution is -2.32. The number of nitrogens with zero attached hydrogens (tertiary/aromatic N) is 3. The predicted molar refractivity (Wildman–Crippen MR) is 65.6 cm³/mol. The average Bonchev–Trinajstić information content (AvgIpc) is 2.86. The highest BCUT2D eigenvalue weighted by atomic mass is 16.5. The third kappa shape index (κ3) is 2.16. The van der Waals surface area contributed by atoms with E-state index < -0.39 is 6.03 Å². The normalized spacial score (nSPS) is 10.3. The monoisotopic (exact) mass is 247 g/mol. The first-order valence-corrected chi connectivity index (χ1v) is 5.28. The summed E-state index contributed by atoms with van der Waals surface area (Å²) in [4.78, 5) is 16.6. The minimum Gasteiger partial charge on any atom is -0.351 e. The van der Waals surface area contributed by atoms with Crippen LogP contribution in [0.4, 0.5) is 10.5 Å². The van der Waals surface area contributed by atoms with Gasteiger partial charge in [0.1, 0.15) is 0 Å². The second-order valence-electron chi connectivity index (χ2n) is 3.63. The van der Waals surface area contributed by atoms with Crippen molar-refractivity contribution in [2.75, 3.05) is 11.9 Å². The molecule has 4 N–H and O–H groups in total. The number of amides is 2. The van der Waals surface area contributed by atoms with E-state index >= 15 is 0 Å². The Balaban J connectivity index is 2.47. The fourth-order valence-electron chi connectivity index (χ4n) is 1.52. The van der Waals surface area contributed by atoms with Gasteiger partial charge in [0.25, 0.3) is 0 Å². The van der Waals surface area contributed by atoms with Crippen LogP contribution in [0, 0.1) is 0 Å². The van der Waals surface area contributed by atoms with Gasteiger partial charge in [0.2, 0.25) is 11.7 Å². The van der Waals surface area contributed by atoms with Gasteiger partial charge in [-0.15, -0.1) is 0 Å². The van der Waals surface area contributed by atoms with Crippen molar-refractivity contribution < 1.29 is 9.32 Å². The molecule has 94 valence electrons. The summed E-state index contributed by atoms with van der Waals surface area (Å²) in [5.41, 5.74) is 11.9. The first kappa shape index (κ1) is 12.1. The molecule has 0 saturated heterocycles. The van der Waals surface area contributed by atoms with Crippen LogP contribution in [-0.2, 0) is 6.54 Å². The van der Waals surface area contributed by atoms with E-state index in [4.69, 9.17) is 16.0 Å². The molecule has 0 saturated carbocycles. The lowest BCUT2D eigenvalue weighted by atomic mass is 10.1. The predicted octanol–water partition coefficient (Wildman–Crippen LogP) is 0.710. The van der Waals surface area contributed by atoms with Crippen LogP contribution in [0.1, 0.15) is 5.89 Å². The zero-order valence-corrected chi connectivity index (χ0v) is 9.83. The quantitative estimate of drug-likeness (QED) is 0.829. The second kappa shape index (κ2) is 4.84. The molecule has 0 aliphatic heterocycles.